The monoisotopic (exact) mass is 389 g/mol. The molecule has 10 heteroatoms. The number of aliphatic carboxylic acids is 1. The summed E-state index contributed by atoms with van der Waals surface area (Å²) >= 11 is 0. The number of carbonyl (C=O) groups excluding carboxylic acids is 1. The minimum absolute atomic E-state index is 0.0701. The third kappa shape index (κ3) is 6.10. The first-order chi connectivity index (χ1) is 12.8. The highest BCUT2D eigenvalue weighted by Gasteiger charge is 2.38. The average Bonchev–Trinajstić information content (AvgIpc) is 2.68. The molecular weight excluding hydrogens is 367 g/mol. The van der Waals surface area contributed by atoms with Crippen LogP contribution in [0, 0.1) is 0 Å². The molecule has 27 heavy (non-hydrogen) atoms. The van der Waals surface area contributed by atoms with Gasteiger partial charge in [-0.2, -0.15) is 13.2 Å². The molecule has 1 aromatic rings. The Morgan fingerprint density at radius 3 is 2.37 bits per heavy atom. The van der Waals surface area contributed by atoms with Crippen LogP contribution in [0.25, 0.3) is 0 Å². The number of hydrogen-bond acceptors (Lipinski definition) is 5. The van der Waals surface area contributed by atoms with Crippen molar-refractivity contribution >= 4 is 17.6 Å². The van der Waals surface area contributed by atoms with Gasteiger partial charge in [-0.1, -0.05) is 18.2 Å². The van der Waals surface area contributed by atoms with Crippen LogP contribution in [0.2, 0.25) is 0 Å². The molecular formula is C17H22F3N3O4. The van der Waals surface area contributed by atoms with Crippen LogP contribution in [0.4, 0.5) is 18.9 Å². The van der Waals surface area contributed by atoms with Gasteiger partial charge in [0.05, 0.1) is 6.61 Å². The zero-order valence-electron chi connectivity index (χ0n) is 14.6. The molecule has 1 unspecified atom stereocenters. The highest BCUT2D eigenvalue weighted by molar-refractivity contribution is 5.85. The lowest BCUT2D eigenvalue weighted by molar-refractivity contribution is -0.198. The highest BCUT2D eigenvalue weighted by atomic mass is 19.4. The van der Waals surface area contributed by atoms with Crippen molar-refractivity contribution in [2.45, 2.75) is 25.1 Å². The van der Waals surface area contributed by atoms with Gasteiger partial charge >= 0.3 is 12.1 Å². The van der Waals surface area contributed by atoms with Gasteiger partial charge in [0.25, 0.3) is 5.91 Å². The first kappa shape index (κ1) is 21.0. The van der Waals surface area contributed by atoms with Gasteiger partial charge in [-0.05, 0) is 25.0 Å². The van der Waals surface area contributed by atoms with Crippen molar-refractivity contribution in [3.05, 3.63) is 30.3 Å². The van der Waals surface area contributed by atoms with Gasteiger partial charge in [0, 0.05) is 31.9 Å². The summed E-state index contributed by atoms with van der Waals surface area (Å²) in [5.41, 5.74) is 1.10. The summed E-state index contributed by atoms with van der Waals surface area (Å²) < 4.78 is 31.7. The SMILES string of the molecule is O=C(C1CNCCN1c1ccccc1)N1CCCCO1.O=C(O)C(F)(F)F. The smallest absolute Gasteiger partial charge is 0.475 e. The lowest BCUT2D eigenvalue weighted by atomic mass is 10.1. The van der Waals surface area contributed by atoms with Crippen molar-refractivity contribution in [2.24, 2.45) is 0 Å². The van der Waals surface area contributed by atoms with Crippen molar-refractivity contribution in [3.8, 4) is 0 Å². The molecule has 0 saturated carbocycles. The van der Waals surface area contributed by atoms with Gasteiger partial charge in [0.1, 0.15) is 6.04 Å². The van der Waals surface area contributed by atoms with E-state index < -0.39 is 12.1 Å². The number of benzene rings is 1. The van der Waals surface area contributed by atoms with Gasteiger partial charge in [-0.3, -0.25) is 9.63 Å². The molecule has 3 rings (SSSR count). The van der Waals surface area contributed by atoms with E-state index in [2.05, 4.69) is 22.3 Å². The average molecular weight is 389 g/mol. The predicted octanol–water partition coefficient (Wildman–Crippen LogP) is 1.65. The number of nitrogens with zero attached hydrogens (tertiary/aromatic N) is 2. The number of halogens is 3. The molecule has 2 aliphatic rings. The summed E-state index contributed by atoms with van der Waals surface area (Å²) in [7, 11) is 0. The van der Waals surface area contributed by atoms with E-state index in [1.165, 1.54) is 0 Å². The number of para-hydroxylation sites is 1. The van der Waals surface area contributed by atoms with Crippen LogP contribution in [0.15, 0.2) is 30.3 Å². The molecule has 2 N–H and O–H groups in total. The van der Waals surface area contributed by atoms with Gasteiger partial charge in [0.15, 0.2) is 0 Å². The third-order valence-corrected chi connectivity index (χ3v) is 4.11. The van der Waals surface area contributed by atoms with Crippen LogP contribution in [-0.4, -0.2) is 67.1 Å². The Balaban J connectivity index is 0.000000321. The van der Waals surface area contributed by atoms with Crippen molar-refractivity contribution in [2.75, 3.05) is 37.7 Å². The number of carboxylic acids is 1. The number of nitrogens with one attached hydrogen (secondary N) is 1. The van der Waals surface area contributed by atoms with E-state index in [9.17, 15) is 18.0 Å². The predicted molar refractivity (Wildman–Crippen MR) is 91.0 cm³/mol. The first-order valence-electron chi connectivity index (χ1n) is 8.57. The summed E-state index contributed by atoms with van der Waals surface area (Å²) in [5.74, 6) is -2.69. The van der Waals surface area contributed by atoms with Crippen molar-refractivity contribution in [1.82, 2.24) is 10.4 Å². The standard InChI is InChI=1S/C15H21N3O2.C2HF3O2/c19-15(18-9-4-5-11-20-18)14-12-16-8-10-17(14)13-6-2-1-3-7-13;3-2(4,5)1(6)7/h1-3,6-7,14,16H,4-5,8-12H2;(H,6,7). The van der Waals surface area contributed by atoms with Crippen molar-refractivity contribution in [1.29, 1.82) is 0 Å². The Morgan fingerprint density at radius 1 is 1.15 bits per heavy atom. The van der Waals surface area contributed by atoms with E-state index in [0.29, 0.717) is 19.7 Å². The largest absolute Gasteiger partial charge is 0.490 e. The molecule has 2 heterocycles. The number of alkyl halides is 3. The van der Waals surface area contributed by atoms with Gasteiger partial charge in [0.2, 0.25) is 0 Å². The molecule has 0 radical (unpaired) electrons. The zero-order valence-corrected chi connectivity index (χ0v) is 14.6. The fourth-order valence-corrected chi connectivity index (χ4v) is 2.79. The highest BCUT2D eigenvalue weighted by Crippen LogP contribution is 2.20. The van der Waals surface area contributed by atoms with Gasteiger partial charge in [-0.15, -0.1) is 0 Å². The van der Waals surface area contributed by atoms with Crippen LogP contribution in [-0.2, 0) is 14.4 Å². The second kappa shape index (κ2) is 9.56. The molecule has 1 amide bonds. The van der Waals surface area contributed by atoms with Crippen LogP contribution < -0.4 is 10.2 Å². The molecule has 0 spiro atoms. The Bertz CT molecular complexity index is 622. The van der Waals surface area contributed by atoms with Crippen molar-refractivity contribution < 1.29 is 32.7 Å². The lowest BCUT2D eigenvalue weighted by Crippen LogP contribution is -2.59. The topological polar surface area (TPSA) is 82.1 Å². The molecule has 7 nitrogen and oxygen atoms in total. The van der Waals surface area contributed by atoms with E-state index in [0.717, 1.165) is 31.6 Å². The Hall–Kier alpha value is -2.33. The number of anilines is 1. The molecule has 2 saturated heterocycles. The molecule has 2 aliphatic heterocycles. The number of carbonyl (C=O) groups is 2. The fraction of sp³-hybridized carbons (Fsp3) is 0.529. The number of amides is 1. The van der Waals surface area contributed by atoms with E-state index >= 15 is 0 Å². The minimum atomic E-state index is -5.08. The second-order valence-electron chi connectivity index (χ2n) is 6.03. The summed E-state index contributed by atoms with van der Waals surface area (Å²) in [5, 5.41) is 12.0. The molecule has 2 fully saturated rings. The van der Waals surface area contributed by atoms with Gasteiger partial charge in [-0.25, -0.2) is 9.86 Å². The molecule has 1 atom stereocenters. The van der Waals surface area contributed by atoms with E-state index in [1.54, 1.807) is 5.06 Å². The number of carboxylic acid groups (broad SMARTS) is 1. The maximum absolute atomic E-state index is 12.7. The maximum atomic E-state index is 12.7. The summed E-state index contributed by atoms with van der Waals surface area (Å²) in [6.45, 7) is 3.77. The second-order valence-corrected chi connectivity index (χ2v) is 6.03. The number of hydroxylamine groups is 2. The molecule has 0 aliphatic carbocycles. The summed E-state index contributed by atoms with van der Waals surface area (Å²) in [4.78, 5) is 29.2. The zero-order chi connectivity index (χ0) is 19.9. The first-order valence-corrected chi connectivity index (χ1v) is 8.57. The molecule has 1 aromatic carbocycles. The van der Waals surface area contributed by atoms with Crippen LogP contribution in [0.1, 0.15) is 12.8 Å². The van der Waals surface area contributed by atoms with E-state index in [4.69, 9.17) is 14.7 Å². The van der Waals surface area contributed by atoms with E-state index in [1.807, 2.05) is 18.2 Å². The number of piperazine rings is 1. The normalized spacial score (nSPS) is 20.5. The molecule has 150 valence electrons. The molecule has 0 bridgehead atoms. The fourth-order valence-electron chi connectivity index (χ4n) is 2.79. The van der Waals surface area contributed by atoms with Crippen LogP contribution in [0.3, 0.4) is 0 Å². The quantitative estimate of drug-likeness (QED) is 0.801. The van der Waals surface area contributed by atoms with Crippen LogP contribution in [0.5, 0.6) is 0 Å². The third-order valence-electron chi connectivity index (χ3n) is 4.11. The Labute approximate surface area is 154 Å². The maximum Gasteiger partial charge on any atom is 0.490 e. The van der Waals surface area contributed by atoms with Gasteiger partial charge < -0.3 is 15.3 Å². The number of rotatable bonds is 2. The minimum Gasteiger partial charge on any atom is -0.475 e. The Kier molecular flexibility index (Phi) is 7.43. The lowest BCUT2D eigenvalue weighted by Gasteiger charge is -2.39. The summed E-state index contributed by atoms with van der Waals surface area (Å²) in [6, 6.07) is 9.96. The Morgan fingerprint density at radius 2 is 1.81 bits per heavy atom. The number of hydrogen-bond donors (Lipinski definition) is 2. The van der Waals surface area contributed by atoms with Crippen molar-refractivity contribution in [3.63, 3.8) is 0 Å². The van der Waals surface area contributed by atoms with E-state index in [-0.39, 0.29) is 11.9 Å². The van der Waals surface area contributed by atoms with Crippen LogP contribution >= 0.6 is 0 Å². The summed E-state index contributed by atoms with van der Waals surface area (Å²) in [6.07, 6.45) is -3.02. The molecule has 0 aromatic heterocycles.